The van der Waals surface area contributed by atoms with Gasteiger partial charge in [-0.15, -0.1) is 0 Å². The fraction of sp³-hybridized carbons (Fsp3) is 0.583. The number of amides is 2. The minimum absolute atomic E-state index is 0.0447. The van der Waals surface area contributed by atoms with Crippen molar-refractivity contribution in [1.29, 1.82) is 0 Å². The maximum atomic E-state index is 11.7. The summed E-state index contributed by atoms with van der Waals surface area (Å²) in [4.78, 5) is 28.6. The molecule has 0 radical (unpaired) electrons. The Kier molecular flexibility index (Phi) is 4.38. The van der Waals surface area contributed by atoms with Gasteiger partial charge in [0.05, 0.1) is 12.8 Å². The molecule has 0 aromatic carbocycles. The Labute approximate surface area is 110 Å². The van der Waals surface area contributed by atoms with Gasteiger partial charge in [-0.1, -0.05) is 0 Å². The second-order valence-corrected chi connectivity index (χ2v) is 4.30. The van der Waals surface area contributed by atoms with Gasteiger partial charge < -0.3 is 19.4 Å². The van der Waals surface area contributed by atoms with Gasteiger partial charge in [0.1, 0.15) is 0 Å². The smallest absolute Gasteiger partial charge is 0.409 e. The van der Waals surface area contributed by atoms with Crippen LogP contribution in [0.5, 0.6) is 0 Å². The van der Waals surface area contributed by atoms with Crippen LogP contribution in [0.25, 0.3) is 0 Å². The number of hydrogen-bond donors (Lipinski definition) is 1. The van der Waals surface area contributed by atoms with Crippen LogP contribution in [0.3, 0.4) is 0 Å². The van der Waals surface area contributed by atoms with Gasteiger partial charge in [0.2, 0.25) is 5.76 Å². The topological polar surface area (TPSA) is 84.7 Å². The quantitative estimate of drug-likeness (QED) is 0.884. The van der Waals surface area contributed by atoms with Crippen LogP contribution in [0, 0.1) is 0 Å². The third-order valence-corrected chi connectivity index (χ3v) is 3.01. The van der Waals surface area contributed by atoms with Crippen LogP contribution in [0.4, 0.5) is 4.79 Å². The van der Waals surface area contributed by atoms with E-state index in [4.69, 9.17) is 9.15 Å². The first-order chi connectivity index (χ1) is 9.20. The Morgan fingerprint density at radius 3 is 2.84 bits per heavy atom. The Morgan fingerprint density at radius 2 is 2.26 bits per heavy atom. The third-order valence-electron chi connectivity index (χ3n) is 3.01. The molecular formula is C12H17N3O4. The normalized spacial score (nSPS) is 16.2. The summed E-state index contributed by atoms with van der Waals surface area (Å²) in [6.45, 7) is 3.32. The average Bonchev–Trinajstić information content (AvgIpc) is 2.94. The van der Waals surface area contributed by atoms with Crippen LogP contribution >= 0.6 is 0 Å². The van der Waals surface area contributed by atoms with Crippen LogP contribution in [-0.4, -0.2) is 47.6 Å². The molecule has 0 spiro atoms. The lowest BCUT2D eigenvalue weighted by Gasteiger charge is -2.31. The third kappa shape index (κ3) is 3.46. The molecule has 0 atom stereocenters. The Hall–Kier alpha value is -2.05. The van der Waals surface area contributed by atoms with Gasteiger partial charge >= 0.3 is 6.09 Å². The lowest BCUT2D eigenvalue weighted by atomic mass is 10.1. The number of ether oxygens (including phenoxy) is 1. The van der Waals surface area contributed by atoms with E-state index in [1.807, 2.05) is 0 Å². The summed E-state index contributed by atoms with van der Waals surface area (Å²) in [5.41, 5.74) is 0. The maximum Gasteiger partial charge on any atom is 0.409 e. The molecule has 0 aliphatic carbocycles. The molecule has 0 saturated carbocycles. The molecule has 2 heterocycles. The summed E-state index contributed by atoms with van der Waals surface area (Å²) in [6, 6.07) is 0.0447. The maximum absolute atomic E-state index is 11.7. The molecule has 1 aliphatic rings. The zero-order valence-corrected chi connectivity index (χ0v) is 10.8. The molecule has 2 rings (SSSR count). The molecule has 2 amide bonds. The largest absolute Gasteiger partial charge is 0.450 e. The van der Waals surface area contributed by atoms with E-state index in [0.717, 1.165) is 0 Å². The van der Waals surface area contributed by atoms with Gasteiger partial charge in [-0.2, -0.15) is 0 Å². The number of hydrogen-bond acceptors (Lipinski definition) is 5. The standard InChI is InChI=1S/C12H17N3O4/c1-2-18-12(17)15-5-3-9(4-6-15)14-11(16)10-7-13-8-19-10/h7-9H,2-6H2,1H3,(H,14,16). The number of likely N-dealkylation sites (tertiary alicyclic amines) is 1. The minimum Gasteiger partial charge on any atom is -0.450 e. The molecule has 1 aromatic heterocycles. The molecule has 0 bridgehead atoms. The summed E-state index contributed by atoms with van der Waals surface area (Å²) < 4.78 is 9.85. The number of carbonyl (C=O) groups is 2. The molecule has 1 N–H and O–H groups in total. The Bertz CT molecular complexity index is 424. The highest BCUT2D eigenvalue weighted by Gasteiger charge is 2.25. The molecule has 0 unspecified atom stereocenters. The van der Waals surface area contributed by atoms with Gasteiger partial charge in [0, 0.05) is 19.1 Å². The first-order valence-electron chi connectivity index (χ1n) is 6.31. The van der Waals surface area contributed by atoms with Crippen molar-refractivity contribution in [3.05, 3.63) is 18.4 Å². The van der Waals surface area contributed by atoms with Crippen molar-refractivity contribution in [2.24, 2.45) is 0 Å². The van der Waals surface area contributed by atoms with Crippen LogP contribution in [0.15, 0.2) is 17.0 Å². The van der Waals surface area contributed by atoms with Crippen LogP contribution < -0.4 is 5.32 Å². The number of oxazole rings is 1. The van der Waals surface area contributed by atoms with Crippen molar-refractivity contribution in [2.75, 3.05) is 19.7 Å². The fourth-order valence-corrected chi connectivity index (χ4v) is 2.01. The molecule has 1 aromatic rings. The summed E-state index contributed by atoms with van der Waals surface area (Å²) in [5, 5.41) is 2.86. The molecule has 7 nitrogen and oxygen atoms in total. The van der Waals surface area contributed by atoms with E-state index in [1.165, 1.54) is 12.6 Å². The zero-order chi connectivity index (χ0) is 13.7. The molecule has 7 heteroatoms. The number of rotatable bonds is 3. The number of carbonyl (C=O) groups excluding carboxylic acids is 2. The van der Waals surface area contributed by atoms with Crippen molar-refractivity contribution in [3.63, 3.8) is 0 Å². The highest BCUT2D eigenvalue weighted by atomic mass is 16.6. The van der Waals surface area contributed by atoms with Crippen molar-refractivity contribution in [2.45, 2.75) is 25.8 Å². The van der Waals surface area contributed by atoms with E-state index in [-0.39, 0.29) is 23.8 Å². The van der Waals surface area contributed by atoms with E-state index in [2.05, 4.69) is 10.3 Å². The lowest BCUT2D eigenvalue weighted by molar-refractivity contribution is 0.0840. The van der Waals surface area contributed by atoms with Gasteiger partial charge in [-0.25, -0.2) is 9.78 Å². The van der Waals surface area contributed by atoms with Crippen molar-refractivity contribution >= 4 is 12.0 Å². The number of nitrogens with zero attached hydrogens (tertiary/aromatic N) is 2. The first kappa shape index (κ1) is 13.4. The molecular weight excluding hydrogens is 250 g/mol. The first-order valence-corrected chi connectivity index (χ1v) is 6.31. The number of aromatic nitrogens is 1. The minimum atomic E-state index is -0.289. The Morgan fingerprint density at radius 1 is 1.53 bits per heavy atom. The lowest BCUT2D eigenvalue weighted by Crippen LogP contribution is -2.46. The fourth-order valence-electron chi connectivity index (χ4n) is 2.01. The van der Waals surface area contributed by atoms with E-state index < -0.39 is 0 Å². The summed E-state index contributed by atoms with van der Waals surface area (Å²) in [7, 11) is 0. The second kappa shape index (κ2) is 6.21. The SMILES string of the molecule is CCOC(=O)N1CCC(NC(=O)c2cnco2)CC1. The van der Waals surface area contributed by atoms with E-state index >= 15 is 0 Å². The van der Waals surface area contributed by atoms with Crippen LogP contribution in [-0.2, 0) is 4.74 Å². The molecule has 1 aliphatic heterocycles. The zero-order valence-electron chi connectivity index (χ0n) is 10.8. The van der Waals surface area contributed by atoms with Gasteiger partial charge in [0.25, 0.3) is 5.91 Å². The van der Waals surface area contributed by atoms with E-state index in [9.17, 15) is 9.59 Å². The summed E-state index contributed by atoms with van der Waals surface area (Å²) in [5.74, 6) is -0.0695. The van der Waals surface area contributed by atoms with E-state index in [0.29, 0.717) is 32.5 Å². The molecule has 104 valence electrons. The second-order valence-electron chi connectivity index (χ2n) is 4.30. The number of nitrogens with one attached hydrogen (secondary N) is 1. The van der Waals surface area contributed by atoms with Crippen molar-refractivity contribution in [3.8, 4) is 0 Å². The predicted octanol–water partition coefficient (Wildman–Crippen LogP) is 1.03. The number of piperidine rings is 1. The summed E-state index contributed by atoms with van der Waals surface area (Å²) >= 11 is 0. The Balaban J connectivity index is 1.77. The highest BCUT2D eigenvalue weighted by Crippen LogP contribution is 2.12. The van der Waals surface area contributed by atoms with Gasteiger partial charge in [-0.05, 0) is 19.8 Å². The van der Waals surface area contributed by atoms with Crippen molar-refractivity contribution < 1.29 is 18.7 Å². The molecule has 1 fully saturated rings. The van der Waals surface area contributed by atoms with Gasteiger partial charge in [-0.3, -0.25) is 4.79 Å². The van der Waals surface area contributed by atoms with Crippen LogP contribution in [0.2, 0.25) is 0 Å². The molecule has 1 saturated heterocycles. The average molecular weight is 267 g/mol. The van der Waals surface area contributed by atoms with Crippen LogP contribution in [0.1, 0.15) is 30.3 Å². The monoisotopic (exact) mass is 267 g/mol. The highest BCUT2D eigenvalue weighted by molar-refractivity contribution is 5.91. The molecule has 19 heavy (non-hydrogen) atoms. The van der Waals surface area contributed by atoms with E-state index in [1.54, 1.807) is 11.8 Å². The van der Waals surface area contributed by atoms with Crippen molar-refractivity contribution in [1.82, 2.24) is 15.2 Å². The predicted molar refractivity (Wildman–Crippen MR) is 65.6 cm³/mol. The summed E-state index contributed by atoms with van der Waals surface area (Å²) in [6.07, 6.45) is 3.72. The van der Waals surface area contributed by atoms with Gasteiger partial charge in [0.15, 0.2) is 6.39 Å².